The highest BCUT2D eigenvalue weighted by molar-refractivity contribution is 5.11. The van der Waals surface area contributed by atoms with Gasteiger partial charge in [-0.3, -0.25) is 0 Å². The molecule has 0 aliphatic heterocycles. The van der Waals surface area contributed by atoms with E-state index < -0.39 is 5.60 Å². The summed E-state index contributed by atoms with van der Waals surface area (Å²) in [7, 11) is 0. The molecule has 0 radical (unpaired) electrons. The molecule has 0 aromatic rings. The first-order chi connectivity index (χ1) is 5.08. The Balaban J connectivity index is 2.74. The van der Waals surface area contributed by atoms with Gasteiger partial charge in [-0.2, -0.15) is 0 Å². The maximum Gasteiger partial charge on any atom is 0.0939 e. The smallest absolute Gasteiger partial charge is 0.0939 e. The van der Waals surface area contributed by atoms with Crippen LogP contribution in [0.2, 0.25) is 0 Å². The third-order valence-electron chi connectivity index (χ3n) is 2.61. The third kappa shape index (κ3) is 1.63. The van der Waals surface area contributed by atoms with Crippen molar-refractivity contribution >= 4 is 0 Å². The van der Waals surface area contributed by atoms with Gasteiger partial charge >= 0.3 is 0 Å². The van der Waals surface area contributed by atoms with Crippen LogP contribution < -0.4 is 0 Å². The van der Waals surface area contributed by atoms with Crippen LogP contribution in [0.15, 0.2) is 11.6 Å². The Morgan fingerprint density at radius 2 is 2.36 bits per heavy atom. The van der Waals surface area contributed by atoms with E-state index in [-0.39, 0.29) is 12.5 Å². The molecule has 2 N–H and O–H groups in total. The van der Waals surface area contributed by atoms with Crippen LogP contribution in [0.5, 0.6) is 0 Å². The fraction of sp³-hybridized carbons (Fsp3) is 0.778. The van der Waals surface area contributed by atoms with E-state index in [1.165, 1.54) is 5.57 Å². The first-order valence-electron chi connectivity index (χ1n) is 4.09. The highest BCUT2D eigenvalue weighted by atomic mass is 16.3. The largest absolute Gasteiger partial charge is 0.393 e. The lowest BCUT2D eigenvalue weighted by molar-refractivity contribution is -0.0528. The van der Waals surface area contributed by atoms with Crippen molar-refractivity contribution < 1.29 is 10.2 Å². The van der Waals surface area contributed by atoms with Crippen LogP contribution in [0, 0.1) is 5.92 Å². The van der Waals surface area contributed by atoms with Gasteiger partial charge in [0.05, 0.1) is 12.2 Å². The van der Waals surface area contributed by atoms with E-state index in [4.69, 9.17) is 5.11 Å². The van der Waals surface area contributed by atoms with Crippen LogP contribution in [0.1, 0.15) is 26.7 Å². The molecule has 2 atom stereocenters. The van der Waals surface area contributed by atoms with Gasteiger partial charge in [0.15, 0.2) is 0 Å². The number of allylic oxidation sites excluding steroid dienone is 1. The zero-order chi connectivity index (χ0) is 8.48. The molecule has 2 unspecified atom stereocenters. The highest BCUT2D eigenvalue weighted by Crippen LogP contribution is 2.31. The molecule has 0 aromatic carbocycles. The second kappa shape index (κ2) is 2.95. The van der Waals surface area contributed by atoms with E-state index in [1.54, 1.807) is 0 Å². The molecule has 1 rings (SSSR count). The maximum absolute atomic E-state index is 9.77. The summed E-state index contributed by atoms with van der Waals surface area (Å²) in [6.07, 6.45) is 3.63. The van der Waals surface area contributed by atoms with Crippen molar-refractivity contribution in [3.05, 3.63) is 11.6 Å². The van der Waals surface area contributed by atoms with E-state index >= 15 is 0 Å². The first kappa shape index (κ1) is 8.75. The van der Waals surface area contributed by atoms with Crippen LogP contribution >= 0.6 is 0 Å². The minimum absolute atomic E-state index is 0.0845. The first-order valence-corrected chi connectivity index (χ1v) is 4.09. The van der Waals surface area contributed by atoms with Gasteiger partial charge in [-0.05, 0) is 19.8 Å². The Kier molecular flexibility index (Phi) is 2.35. The van der Waals surface area contributed by atoms with Gasteiger partial charge in [0.2, 0.25) is 0 Å². The molecular formula is C9H16O2. The van der Waals surface area contributed by atoms with Crippen molar-refractivity contribution in [1.82, 2.24) is 0 Å². The molecule has 11 heavy (non-hydrogen) atoms. The lowest BCUT2D eigenvalue weighted by Gasteiger charge is -2.34. The van der Waals surface area contributed by atoms with Crippen LogP contribution in [-0.4, -0.2) is 22.4 Å². The predicted octanol–water partition coefficient (Wildman–Crippen LogP) is 1.09. The fourth-order valence-electron chi connectivity index (χ4n) is 1.53. The van der Waals surface area contributed by atoms with Crippen LogP contribution in [-0.2, 0) is 0 Å². The number of hydrogen-bond acceptors (Lipinski definition) is 2. The summed E-state index contributed by atoms with van der Waals surface area (Å²) in [5.41, 5.74) is 0.454. The summed E-state index contributed by atoms with van der Waals surface area (Å²) in [6, 6.07) is 0. The van der Waals surface area contributed by atoms with Crippen molar-refractivity contribution in [2.24, 2.45) is 5.92 Å². The lowest BCUT2D eigenvalue weighted by Crippen LogP contribution is -2.41. The van der Waals surface area contributed by atoms with Crippen molar-refractivity contribution in [3.63, 3.8) is 0 Å². The molecule has 2 heteroatoms. The molecule has 1 aliphatic rings. The Morgan fingerprint density at radius 3 is 2.82 bits per heavy atom. The number of aliphatic hydroxyl groups is 2. The second-order valence-corrected chi connectivity index (χ2v) is 3.56. The molecule has 0 bridgehead atoms. The summed E-state index contributed by atoms with van der Waals surface area (Å²) in [5.74, 6) is 0.0845. The normalized spacial score (nSPS) is 38.5. The average Bonchev–Trinajstić information content (AvgIpc) is 1.98. The zero-order valence-corrected chi connectivity index (χ0v) is 7.17. The van der Waals surface area contributed by atoms with Crippen molar-refractivity contribution in [2.45, 2.75) is 32.3 Å². The van der Waals surface area contributed by atoms with E-state index in [0.29, 0.717) is 6.42 Å². The van der Waals surface area contributed by atoms with E-state index in [1.807, 2.05) is 13.0 Å². The van der Waals surface area contributed by atoms with E-state index in [9.17, 15) is 5.11 Å². The van der Waals surface area contributed by atoms with Crippen LogP contribution in [0.3, 0.4) is 0 Å². The SMILES string of the molecule is CC1=CC(C)C(O)(CO)CC1. The molecule has 0 amide bonds. The highest BCUT2D eigenvalue weighted by Gasteiger charge is 2.33. The number of aliphatic hydroxyl groups excluding tert-OH is 1. The van der Waals surface area contributed by atoms with Crippen LogP contribution in [0.25, 0.3) is 0 Å². The van der Waals surface area contributed by atoms with E-state index in [0.717, 1.165) is 6.42 Å². The van der Waals surface area contributed by atoms with Gasteiger partial charge in [-0.1, -0.05) is 18.6 Å². The summed E-state index contributed by atoms with van der Waals surface area (Å²) in [5, 5.41) is 18.7. The summed E-state index contributed by atoms with van der Waals surface area (Å²) in [6.45, 7) is 3.88. The van der Waals surface area contributed by atoms with Crippen molar-refractivity contribution in [3.8, 4) is 0 Å². The second-order valence-electron chi connectivity index (χ2n) is 3.56. The monoisotopic (exact) mass is 156 g/mol. The molecule has 2 nitrogen and oxygen atoms in total. The Labute approximate surface area is 67.6 Å². The van der Waals surface area contributed by atoms with Gasteiger partial charge in [0, 0.05) is 5.92 Å². The van der Waals surface area contributed by atoms with Gasteiger partial charge < -0.3 is 10.2 Å². The average molecular weight is 156 g/mol. The van der Waals surface area contributed by atoms with Crippen molar-refractivity contribution in [2.75, 3.05) is 6.61 Å². The molecule has 64 valence electrons. The Morgan fingerprint density at radius 1 is 1.73 bits per heavy atom. The molecule has 0 spiro atoms. The number of rotatable bonds is 1. The predicted molar refractivity (Wildman–Crippen MR) is 44.2 cm³/mol. The zero-order valence-electron chi connectivity index (χ0n) is 7.17. The topological polar surface area (TPSA) is 40.5 Å². The molecule has 1 aliphatic carbocycles. The number of hydrogen-bond donors (Lipinski definition) is 2. The summed E-state index contributed by atoms with van der Waals surface area (Å²) >= 11 is 0. The quantitative estimate of drug-likeness (QED) is 0.558. The summed E-state index contributed by atoms with van der Waals surface area (Å²) in [4.78, 5) is 0. The molecule has 0 saturated carbocycles. The molecule has 0 heterocycles. The minimum Gasteiger partial charge on any atom is -0.393 e. The van der Waals surface area contributed by atoms with E-state index in [2.05, 4.69) is 6.92 Å². The lowest BCUT2D eigenvalue weighted by atomic mass is 9.79. The van der Waals surface area contributed by atoms with Gasteiger partial charge in [-0.15, -0.1) is 0 Å². The van der Waals surface area contributed by atoms with Gasteiger partial charge in [-0.25, -0.2) is 0 Å². The van der Waals surface area contributed by atoms with Crippen LogP contribution in [0.4, 0.5) is 0 Å². The molecule has 0 fully saturated rings. The maximum atomic E-state index is 9.77. The van der Waals surface area contributed by atoms with Gasteiger partial charge in [0.25, 0.3) is 0 Å². The fourth-order valence-corrected chi connectivity index (χ4v) is 1.53. The standard InChI is InChI=1S/C9H16O2/c1-7-3-4-9(11,6-10)8(2)5-7/h5,8,10-11H,3-4,6H2,1-2H3. The molecule has 0 saturated heterocycles. The van der Waals surface area contributed by atoms with Gasteiger partial charge in [0.1, 0.15) is 0 Å². The molecule has 0 aromatic heterocycles. The summed E-state index contributed by atoms with van der Waals surface area (Å²) < 4.78 is 0. The Hall–Kier alpha value is -0.340. The van der Waals surface area contributed by atoms with Crippen molar-refractivity contribution in [1.29, 1.82) is 0 Å². The molecular weight excluding hydrogens is 140 g/mol. The minimum atomic E-state index is -0.862. The Bertz CT molecular complexity index is 174. The third-order valence-corrected chi connectivity index (χ3v) is 2.61.